The Balaban J connectivity index is 4.86. The molecule has 24 heavy (non-hydrogen) atoms. The van der Waals surface area contributed by atoms with Gasteiger partial charge >= 0.3 is 5.97 Å². The highest BCUT2D eigenvalue weighted by molar-refractivity contribution is 5.99. The molecule has 0 saturated heterocycles. The Hall–Kier alpha value is -1.50. The zero-order valence-electron chi connectivity index (χ0n) is 15.2. The van der Waals surface area contributed by atoms with Crippen LogP contribution in [0.3, 0.4) is 0 Å². The molecule has 0 rings (SSSR count). The van der Waals surface area contributed by atoms with Gasteiger partial charge in [0.05, 0.1) is 27.6 Å². The summed E-state index contributed by atoms with van der Waals surface area (Å²) < 4.78 is -0.156. The van der Waals surface area contributed by atoms with E-state index in [-0.39, 0.29) is 4.48 Å². The number of carbonyl (C=O) groups excluding carboxylic acids is 1. The Kier molecular flexibility index (Phi) is 9.73. The van der Waals surface area contributed by atoms with Gasteiger partial charge in [0, 0.05) is 0 Å². The highest BCUT2D eigenvalue weighted by Crippen LogP contribution is 2.23. The molecule has 0 aliphatic heterocycles. The molecule has 0 aliphatic rings. The fourth-order valence-corrected chi connectivity index (χ4v) is 2.33. The molecule has 2 unspecified atom stereocenters. The number of aliphatic hydroxyl groups is 2. The summed E-state index contributed by atoms with van der Waals surface area (Å²) in [6.07, 6.45) is 9.32. The number of aliphatic hydroxyl groups excluding tert-OH is 1. The van der Waals surface area contributed by atoms with Crippen molar-refractivity contribution >= 4 is 11.8 Å². The molecule has 6 nitrogen and oxygen atoms in total. The van der Waals surface area contributed by atoms with E-state index < -0.39 is 30.0 Å². The van der Waals surface area contributed by atoms with Crippen molar-refractivity contribution in [3.8, 4) is 0 Å². The van der Waals surface area contributed by atoms with Crippen molar-refractivity contribution in [1.82, 2.24) is 0 Å². The minimum atomic E-state index is -2.37. The molecule has 3 N–H and O–H groups in total. The summed E-state index contributed by atoms with van der Waals surface area (Å²) in [6, 6.07) is 0. The monoisotopic (exact) mass is 342 g/mol. The third-order valence-electron chi connectivity index (χ3n) is 3.73. The van der Waals surface area contributed by atoms with E-state index in [1.54, 1.807) is 27.2 Å². The summed E-state index contributed by atoms with van der Waals surface area (Å²) >= 11 is 0. The van der Waals surface area contributed by atoms with E-state index in [1.807, 2.05) is 6.08 Å². The largest absolute Gasteiger partial charge is 0.481 e. The van der Waals surface area contributed by atoms with Crippen LogP contribution in [-0.2, 0) is 9.59 Å². The number of allylic oxidation sites excluding steroid dienone is 3. The molecule has 0 aromatic rings. The van der Waals surface area contributed by atoms with Crippen molar-refractivity contribution < 1.29 is 29.4 Å². The van der Waals surface area contributed by atoms with Gasteiger partial charge in [0.15, 0.2) is 5.78 Å². The van der Waals surface area contributed by atoms with E-state index in [9.17, 15) is 19.8 Å². The van der Waals surface area contributed by atoms with Gasteiger partial charge in [-0.3, -0.25) is 9.59 Å². The van der Waals surface area contributed by atoms with Gasteiger partial charge in [0.25, 0.3) is 0 Å². The van der Waals surface area contributed by atoms with Crippen LogP contribution in [0.25, 0.3) is 0 Å². The smallest absolute Gasteiger partial charge is 0.307 e. The summed E-state index contributed by atoms with van der Waals surface area (Å²) in [4.78, 5) is 23.2. The van der Waals surface area contributed by atoms with Crippen LogP contribution in [0.2, 0.25) is 0 Å². The minimum absolute atomic E-state index is 0.156. The van der Waals surface area contributed by atoms with Crippen LogP contribution >= 0.6 is 0 Å². The fraction of sp³-hybridized carbons (Fsp3) is 0.667. The molecule has 0 spiro atoms. The zero-order valence-corrected chi connectivity index (χ0v) is 15.2. The topological polar surface area (TPSA) is 94.8 Å². The lowest BCUT2D eigenvalue weighted by Crippen LogP contribution is -2.62. The number of quaternary nitrogens is 1. The molecular formula is C18H32NO5+. The van der Waals surface area contributed by atoms with Gasteiger partial charge in [0.1, 0.15) is 0 Å². The lowest BCUT2D eigenvalue weighted by atomic mass is 9.90. The number of carboxylic acid groups (broad SMARTS) is 1. The number of hydrogen-bond donors (Lipinski definition) is 3. The zero-order chi connectivity index (χ0) is 18.8. The third-order valence-corrected chi connectivity index (χ3v) is 3.73. The maximum atomic E-state index is 12.3. The van der Waals surface area contributed by atoms with Crippen LogP contribution in [0.5, 0.6) is 0 Å². The molecule has 2 atom stereocenters. The van der Waals surface area contributed by atoms with E-state index in [2.05, 4.69) is 6.92 Å². The predicted molar refractivity (Wildman–Crippen MR) is 93.3 cm³/mol. The molecule has 6 heteroatoms. The van der Waals surface area contributed by atoms with Crippen molar-refractivity contribution in [2.45, 2.75) is 57.3 Å². The molecule has 0 aromatic carbocycles. The molecule has 0 bridgehead atoms. The second-order valence-electron chi connectivity index (χ2n) is 6.99. The van der Waals surface area contributed by atoms with E-state index in [1.165, 1.54) is 18.9 Å². The van der Waals surface area contributed by atoms with Gasteiger partial charge in [-0.1, -0.05) is 44.4 Å². The Morgan fingerprint density at radius 1 is 1.12 bits per heavy atom. The van der Waals surface area contributed by atoms with Crippen molar-refractivity contribution in [3.05, 3.63) is 24.3 Å². The summed E-state index contributed by atoms with van der Waals surface area (Å²) in [5, 5.41) is 29.7. The van der Waals surface area contributed by atoms with Gasteiger partial charge in [-0.15, -0.1) is 0 Å². The SMILES string of the molecule is CCCCCCC=CC=CC(=O)C(O)(CC(=O)O)C(O)[N+](C)(C)C. The van der Waals surface area contributed by atoms with Crippen LogP contribution in [-0.4, -0.2) is 64.5 Å². The lowest BCUT2D eigenvalue weighted by Gasteiger charge is -2.38. The molecule has 0 radical (unpaired) electrons. The number of unbranched alkanes of at least 4 members (excludes halogenated alkanes) is 4. The first-order valence-electron chi connectivity index (χ1n) is 8.36. The lowest BCUT2D eigenvalue weighted by molar-refractivity contribution is -0.925. The van der Waals surface area contributed by atoms with Crippen molar-refractivity contribution in [2.75, 3.05) is 21.1 Å². The van der Waals surface area contributed by atoms with Gasteiger partial charge in [-0.25, -0.2) is 0 Å². The maximum Gasteiger partial charge on any atom is 0.307 e. The third kappa shape index (κ3) is 7.86. The van der Waals surface area contributed by atoms with Crippen LogP contribution < -0.4 is 0 Å². The standard InChI is InChI=1S/C18H31NO5/c1-5-6-7-8-9-10-11-12-13-15(20)18(24,14-16(21)22)17(23)19(2,3)4/h10-13,17,23-24H,5-9,14H2,1-4H3/p+1. The number of nitrogens with zero attached hydrogens (tertiary/aromatic N) is 1. The predicted octanol–water partition coefficient (Wildman–Crippen LogP) is 1.87. The first kappa shape index (κ1) is 22.5. The maximum absolute atomic E-state index is 12.3. The summed E-state index contributed by atoms with van der Waals surface area (Å²) in [7, 11) is 4.72. The van der Waals surface area contributed by atoms with Crippen LogP contribution in [0.4, 0.5) is 0 Å². The number of likely N-dealkylation sites (N-methyl/N-ethyl adjacent to an activating group) is 1. The van der Waals surface area contributed by atoms with Crippen LogP contribution in [0.1, 0.15) is 45.4 Å². The highest BCUT2D eigenvalue weighted by atomic mass is 16.4. The Labute approximate surface area is 144 Å². The van der Waals surface area contributed by atoms with Gasteiger partial charge in [-0.2, -0.15) is 0 Å². The Bertz CT molecular complexity index is 465. The number of aliphatic carboxylic acids is 1. The quantitative estimate of drug-likeness (QED) is 0.165. The first-order chi connectivity index (χ1) is 11.1. The Morgan fingerprint density at radius 3 is 2.25 bits per heavy atom. The molecule has 0 aliphatic carbocycles. The second kappa shape index (κ2) is 10.4. The van der Waals surface area contributed by atoms with Crippen LogP contribution in [0.15, 0.2) is 24.3 Å². The van der Waals surface area contributed by atoms with Gasteiger partial charge < -0.3 is 19.8 Å². The molecule has 0 fully saturated rings. The average Bonchev–Trinajstić information content (AvgIpc) is 2.47. The average molecular weight is 342 g/mol. The Morgan fingerprint density at radius 2 is 1.75 bits per heavy atom. The molecule has 0 heterocycles. The normalized spacial score (nSPS) is 16.4. The van der Waals surface area contributed by atoms with Gasteiger partial charge in [0.2, 0.25) is 11.8 Å². The van der Waals surface area contributed by atoms with E-state index in [0.717, 1.165) is 25.3 Å². The fourth-order valence-electron chi connectivity index (χ4n) is 2.33. The van der Waals surface area contributed by atoms with E-state index in [4.69, 9.17) is 5.11 Å². The van der Waals surface area contributed by atoms with Crippen molar-refractivity contribution in [3.63, 3.8) is 0 Å². The highest BCUT2D eigenvalue weighted by Gasteiger charge is 2.50. The first-order valence-corrected chi connectivity index (χ1v) is 8.36. The minimum Gasteiger partial charge on any atom is -0.481 e. The van der Waals surface area contributed by atoms with Crippen LogP contribution in [0, 0.1) is 0 Å². The summed E-state index contributed by atoms with van der Waals surface area (Å²) in [5.74, 6) is -2.17. The number of rotatable bonds is 12. The van der Waals surface area contributed by atoms with E-state index in [0.29, 0.717) is 0 Å². The number of carbonyl (C=O) groups is 2. The van der Waals surface area contributed by atoms with Crippen molar-refractivity contribution in [1.29, 1.82) is 0 Å². The van der Waals surface area contributed by atoms with E-state index >= 15 is 0 Å². The molecular weight excluding hydrogens is 310 g/mol. The number of hydrogen-bond acceptors (Lipinski definition) is 4. The molecule has 0 saturated carbocycles. The second-order valence-corrected chi connectivity index (χ2v) is 6.99. The molecule has 0 amide bonds. The molecule has 138 valence electrons. The van der Waals surface area contributed by atoms with Crippen molar-refractivity contribution in [2.24, 2.45) is 0 Å². The summed E-state index contributed by atoms with van der Waals surface area (Å²) in [6.45, 7) is 2.15. The molecule has 0 aromatic heterocycles. The number of carboxylic acids is 1. The summed E-state index contributed by atoms with van der Waals surface area (Å²) in [5.41, 5.74) is -2.37. The number of ketones is 1. The van der Waals surface area contributed by atoms with Gasteiger partial charge in [-0.05, 0) is 18.9 Å².